The smallest absolute Gasteiger partial charge is 0.0640 e. The number of hydrogen-bond acceptors (Lipinski definition) is 2. The minimum atomic E-state index is 0.317. The fourth-order valence-electron chi connectivity index (χ4n) is 3.87. The first-order valence-corrected chi connectivity index (χ1v) is 8.00. The zero-order valence-electron chi connectivity index (χ0n) is 12.3. The molecule has 3 nitrogen and oxygen atoms in total. The monoisotopic (exact) mass is 261 g/mol. The molecule has 3 rings (SSSR count). The maximum atomic E-state index is 6.39. The molecule has 2 saturated carbocycles. The summed E-state index contributed by atoms with van der Waals surface area (Å²) in [5, 5.41) is 4.73. The van der Waals surface area contributed by atoms with Gasteiger partial charge in [0.2, 0.25) is 0 Å². The Morgan fingerprint density at radius 2 is 1.95 bits per heavy atom. The Balaban J connectivity index is 1.57. The highest BCUT2D eigenvalue weighted by molar-refractivity contribution is 5.05. The highest BCUT2D eigenvalue weighted by atomic mass is 15.3. The van der Waals surface area contributed by atoms with Crippen LogP contribution in [0.25, 0.3) is 0 Å². The van der Waals surface area contributed by atoms with E-state index in [-0.39, 0.29) is 0 Å². The Morgan fingerprint density at radius 1 is 1.26 bits per heavy atom. The van der Waals surface area contributed by atoms with E-state index < -0.39 is 0 Å². The van der Waals surface area contributed by atoms with Crippen LogP contribution in [0.5, 0.6) is 0 Å². The van der Waals surface area contributed by atoms with Gasteiger partial charge >= 0.3 is 0 Å². The molecule has 2 N–H and O–H groups in total. The average molecular weight is 261 g/mol. The predicted molar refractivity (Wildman–Crippen MR) is 77.8 cm³/mol. The van der Waals surface area contributed by atoms with Gasteiger partial charge in [-0.15, -0.1) is 0 Å². The van der Waals surface area contributed by atoms with Crippen molar-refractivity contribution in [2.75, 3.05) is 0 Å². The van der Waals surface area contributed by atoms with Gasteiger partial charge in [0.1, 0.15) is 0 Å². The van der Waals surface area contributed by atoms with Gasteiger partial charge in [-0.2, -0.15) is 5.10 Å². The number of fused-ring (bicyclic) bond motifs is 1. The molecule has 2 aliphatic carbocycles. The zero-order valence-corrected chi connectivity index (χ0v) is 12.3. The lowest BCUT2D eigenvalue weighted by Gasteiger charge is -2.19. The molecular formula is C16H27N3. The molecule has 1 aromatic heterocycles. The Labute approximate surface area is 116 Å². The molecule has 2 aliphatic rings. The molecule has 0 aliphatic heterocycles. The Hall–Kier alpha value is -0.830. The zero-order chi connectivity index (χ0) is 13.4. The van der Waals surface area contributed by atoms with E-state index in [1.165, 1.54) is 25.0 Å². The van der Waals surface area contributed by atoms with Gasteiger partial charge in [0, 0.05) is 18.7 Å². The third-order valence-corrected chi connectivity index (χ3v) is 5.31. The molecule has 0 saturated heterocycles. The SMILES string of the molecule is CCC(CC)n1ccc(CC(N)C2CC3CC3C2)n1. The topological polar surface area (TPSA) is 43.8 Å². The molecule has 0 spiro atoms. The first-order chi connectivity index (χ1) is 9.21. The van der Waals surface area contributed by atoms with Crippen LogP contribution in [0.1, 0.15) is 57.7 Å². The van der Waals surface area contributed by atoms with E-state index in [1.54, 1.807) is 0 Å². The molecule has 1 heterocycles. The summed E-state index contributed by atoms with van der Waals surface area (Å²) in [5.41, 5.74) is 7.58. The summed E-state index contributed by atoms with van der Waals surface area (Å²) in [7, 11) is 0. The predicted octanol–water partition coefficient (Wildman–Crippen LogP) is 3.16. The Bertz CT molecular complexity index is 411. The molecule has 19 heavy (non-hydrogen) atoms. The van der Waals surface area contributed by atoms with Gasteiger partial charge in [0.25, 0.3) is 0 Å². The summed E-state index contributed by atoms with van der Waals surface area (Å²) in [5.74, 6) is 2.80. The van der Waals surface area contributed by atoms with E-state index in [4.69, 9.17) is 10.8 Å². The lowest BCUT2D eigenvalue weighted by Crippen LogP contribution is -2.31. The van der Waals surface area contributed by atoms with Crippen molar-refractivity contribution in [3.63, 3.8) is 0 Å². The van der Waals surface area contributed by atoms with E-state index in [0.717, 1.165) is 37.0 Å². The van der Waals surface area contributed by atoms with E-state index >= 15 is 0 Å². The minimum absolute atomic E-state index is 0.317. The van der Waals surface area contributed by atoms with Gasteiger partial charge in [0.15, 0.2) is 0 Å². The van der Waals surface area contributed by atoms with Crippen molar-refractivity contribution in [2.45, 2.75) is 64.5 Å². The summed E-state index contributed by atoms with van der Waals surface area (Å²) in [6.45, 7) is 4.46. The molecule has 0 amide bonds. The second-order valence-electron chi connectivity index (χ2n) is 6.61. The summed E-state index contributed by atoms with van der Waals surface area (Å²) < 4.78 is 2.13. The molecule has 106 valence electrons. The van der Waals surface area contributed by atoms with E-state index in [0.29, 0.717) is 12.1 Å². The molecule has 0 radical (unpaired) electrons. The maximum absolute atomic E-state index is 6.39. The number of hydrogen-bond donors (Lipinski definition) is 1. The van der Waals surface area contributed by atoms with Crippen LogP contribution in [-0.2, 0) is 6.42 Å². The van der Waals surface area contributed by atoms with Crippen LogP contribution >= 0.6 is 0 Å². The summed E-state index contributed by atoms with van der Waals surface area (Å²) in [6, 6.07) is 3.02. The van der Waals surface area contributed by atoms with Gasteiger partial charge in [-0.05, 0) is 55.9 Å². The maximum Gasteiger partial charge on any atom is 0.0640 e. The van der Waals surface area contributed by atoms with E-state index in [2.05, 4.69) is 30.8 Å². The van der Waals surface area contributed by atoms with Gasteiger partial charge in [-0.3, -0.25) is 4.68 Å². The summed E-state index contributed by atoms with van der Waals surface area (Å²) in [6.07, 6.45) is 9.61. The van der Waals surface area contributed by atoms with Crippen molar-refractivity contribution >= 4 is 0 Å². The first-order valence-electron chi connectivity index (χ1n) is 8.00. The second-order valence-corrected chi connectivity index (χ2v) is 6.61. The lowest BCUT2D eigenvalue weighted by atomic mass is 9.92. The summed E-state index contributed by atoms with van der Waals surface area (Å²) in [4.78, 5) is 0. The van der Waals surface area contributed by atoms with Crippen molar-refractivity contribution in [3.05, 3.63) is 18.0 Å². The highest BCUT2D eigenvalue weighted by Gasteiger charge is 2.47. The highest BCUT2D eigenvalue weighted by Crippen LogP contribution is 2.55. The number of aromatic nitrogens is 2. The molecule has 3 unspecified atom stereocenters. The molecular weight excluding hydrogens is 234 g/mol. The van der Waals surface area contributed by atoms with Gasteiger partial charge in [-0.25, -0.2) is 0 Å². The summed E-state index contributed by atoms with van der Waals surface area (Å²) >= 11 is 0. The van der Waals surface area contributed by atoms with Crippen LogP contribution < -0.4 is 5.73 Å². The standard InChI is InChI=1S/C16H27N3/c1-3-15(4-2)19-6-5-14(18-19)10-16(17)13-8-11-7-12(11)9-13/h5-6,11-13,15-16H,3-4,7-10,17H2,1-2H3. The average Bonchev–Trinajstić information content (AvgIpc) is 2.83. The van der Waals surface area contributed by atoms with Gasteiger partial charge < -0.3 is 5.73 Å². The first kappa shape index (κ1) is 13.2. The fourth-order valence-corrected chi connectivity index (χ4v) is 3.87. The van der Waals surface area contributed by atoms with E-state index in [1.807, 2.05) is 0 Å². The van der Waals surface area contributed by atoms with Gasteiger partial charge in [-0.1, -0.05) is 13.8 Å². The molecule has 2 fully saturated rings. The van der Waals surface area contributed by atoms with Crippen molar-refractivity contribution in [1.29, 1.82) is 0 Å². The molecule has 3 atom stereocenters. The second kappa shape index (κ2) is 5.28. The number of nitrogens with two attached hydrogens (primary N) is 1. The van der Waals surface area contributed by atoms with Crippen LogP contribution in [0.2, 0.25) is 0 Å². The van der Waals surface area contributed by atoms with Crippen LogP contribution in [0.4, 0.5) is 0 Å². The third kappa shape index (κ3) is 2.71. The minimum Gasteiger partial charge on any atom is -0.327 e. The third-order valence-electron chi connectivity index (χ3n) is 5.31. The van der Waals surface area contributed by atoms with Crippen molar-refractivity contribution < 1.29 is 0 Å². The number of nitrogens with zero attached hydrogens (tertiary/aromatic N) is 2. The molecule has 0 aromatic carbocycles. The largest absolute Gasteiger partial charge is 0.327 e. The normalized spacial score (nSPS) is 30.6. The van der Waals surface area contributed by atoms with Crippen molar-refractivity contribution in [2.24, 2.45) is 23.5 Å². The molecule has 1 aromatic rings. The van der Waals surface area contributed by atoms with Crippen LogP contribution in [0.3, 0.4) is 0 Å². The Kier molecular flexibility index (Phi) is 3.66. The van der Waals surface area contributed by atoms with Crippen LogP contribution in [0, 0.1) is 17.8 Å². The van der Waals surface area contributed by atoms with Gasteiger partial charge in [0.05, 0.1) is 11.7 Å². The lowest BCUT2D eigenvalue weighted by molar-refractivity contribution is 0.384. The Morgan fingerprint density at radius 3 is 2.58 bits per heavy atom. The van der Waals surface area contributed by atoms with Crippen molar-refractivity contribution in [3.8, 4) is 0 Å². The molecule has 3 heteroatoms. The van der Waals surface area contributed by atoms with E-state index in [9.17, 15) is 0 Å². The van der Waals surface area contributed by atoms with Crippen molar-refractivity contribution in [1.82, 2.24) is 9.78 Å². The quantitative estimate of drug-likeness (QED) is 0.855. The molecule has 0 bridgehead atoms. The fraction of sp³-hybridized carbons (Fsp3) is 0.812. The van der Waals surface area contributed by atoms with Crippen LogP contribution in [0.15, 0.2) is 12.3 Å². The number of rotatable bonds is 6. The van der Waals surface area contributed by atoms with Crippen LogP contribution in [-0.4, -0.2) is 15.8 Å².